The maximum Gasteiger partial charge on any atom is 0.167 e. The molecule has 0 N–H and O–H groups in total. The molecule has 0 aliphatic carbocycles. The van der Waals surface area contributed by atoms with Gasteiger partial charge in [-0.05, 0) is 54.4 Å². The first-order valence-electron chi connectivity index (χ1n) is 5.70. The van der Waals surface area contributed by atoms with Crippen molar-refractivity contribution >= 4 is 29.0 Å². The second-order valence-corrected chi connectivity index (χ2v) is 5.17. The standard InChI is InChI=1S/C15H11Cl2FO/c1-9-6-11(16)2-4-13(9)15(19)8-10-7-12(17)3-5-14(10)18/h2-7H,8H2,1H3. The third kappa shape index (κ3) is 3.34. The van der Waals surface area contributed by atoms with Crippen LogP contribution in [0.5, 0.6) is 0 Å². The molecule has 0 aliphatic heterocycles. The second kappa shape index (κ2) is 5.72. The Morgan fingerprint density at radius 2 is 1.74 bits per heavy atom. The minimum atomic E-state index is -0.427. The lowest BCUT2D eigenvalue weighted by molar-refractivity contribution is 0.0991. The summed E-state index contributed by atoms with van der Waals surface area (Å²) in [5, 5.41) is 0.986. The fourth-order valence-corrected chi connectivity index (χ4v) is 2.31. The highest BCUT2D eigenvalue weighted by molar-refractivity contribution is 6.31. The molecule has 0 saturated carbocycles. The SMILES string of the molecule is Cc1cc(Cl)ccc1C(=O)Cc1cc(Cl)ccc1F. The monoisotopic (exact) mass is 296 g/mol. The number of carbonyl (C=O) groups excluding carboxylic acids is 1. The summed E-state index contributed by atoms with van der Waals surface area (Å²) in [5.41, 5.74) is 1.62. The van der Waals surface area contributed by atoms with E-state index in [1.165, 1.54) is 18.2 Å². The molecule has 0 spiro atoms. The van der Waals surface area contributed by atoms with Crippen LogP contribution in [0.2, 0.25) is 10.0 Å². The van der Waals surface area contributed by atoms with Gasteiger partial charge >= 0.3 is 0 Å². The smallest absolute Gasteiger partial charge is 0.167 e. The third-order valence-electron chi connectivity index (χ3n) is 2.85. The van der Waals surface area contributed by atoms with E-state index in [2.05, 4.69) is 0 Å². The molecular formula is C15H11Cl2FO. The van der Waals surface area contributed by atoms with Crippen LogP contribution in [-0.2, 0) is 6.42 Å². The van der Waals surface area contributed by atoms with Gasteiger partial charge in [-0.1, -0.05) is 23.2 Å². The number of hydrogen-bond donors (Lipinski definition) is 0. The maximum absolute atomic E-state index is 13.6. The zero-order valence-electron chi connectivity index (χ0n) is 10.2. The van der Waals surface area contributed by atoms with Crippen molar-refractivity contribution in [2.24, 2.45) is 0 Å². The van der Waals surface area contributed by atoms with Gasteiger partial charge in [0, 0.05) is 22.0 Å². The largest absolute Gasteiger partial charge is 0.294 e. The molecule has 0 unspecified atom stereocenters. The molecule has 2 aromatic rings. The molecular weight excluding hydrogens is 286 g/mol. The Balaban J connectivity index is 2.28. The average molecular weight is 297 g/mol. The van der Waals surface area contributed by atoms with Crippen molar-refractivity contribution in [1.82, 2.24) is 0 Å². The molecule has 19 heavy (non-hydrogen) atoms. The van der Waals surface area contributed by atoms with E-state index < -0.39 is 5.82 Å². The van der Waals surface area contributed by atoms with Crippen LogP contribution in [0, 0.1) is 12.7 Å². The van der Waals surface area contributed by atoms with Crippen molar-refractivity contribution in [3.63, 3.8) is 0 Å². The quantitative estimate of drug-likeness (QED) is 0.739. The van der Waals surface area contributed by atoms with Gasteiger partial charge in [0.25, 0.3) is 0 Å². The highest BCUT2D eigenvalue weighted by Crippen LogP contribution is 2.20. The predicted molar refractivity (Wildman–Crippen MR) is 75.6 cm³/mol. The van der Waals surface area contributed by atoms with Crippen molar-refractivity contribution in [2.45, 2.75) is 13.3 Å². The summed E-state index contributed by atoms with van der Waals surface area (Å²) in [6.07, 6.45) is -0.0190. The molecule has 98 valence electrons. The van der Waals surface area contributed by atoms with E-state index in [0.717, 1.165) is 5.56 Å². The van der Waals surface area contributed by atoms with Crippen molar-refractivity contribution in [2.75, 3.05) is 0 Å². The Morgan fingerprint density at radius 3 is 2.42 bits per heavy atom. The van der Waals surface area contributed by atoms with E-state index in [4.69, 9.17) is 23.2 Å². The first kappa shape index (κ1) is 14.0. The number of carbonyl (C=O) groups is 1. The Hall–Kier alpha value is -1.38. The average Bonchev–Trinajstić information content (AvgIpc) is 2.33. The van der Waals surface area contributed by atoms with Gasteiger partial charge in [-0.2, -0.15) is 0 Å². The molecule has 0 saturated heterocycles. The van der Waals surface area contributed by atoms with Gasteiger partial charge in [0.05, 0.1) is 0 Å². The Bertz CT molecular complexity index is 638. The van der Waals surface area contributed by atoms with Gasteiger partial charge in [0.15, 0.2) is 5.78 Å². The lowest BCUT2D eigenvalue weighted by atomic mass is 9.99. The molecule has 2 aromatic carbocycles. The normalized spacial score (nSPS) is 10.5. The minimum absolute atomic E-state index is 0.0190. The molecule has 4 heteroatoms. The fraction of sp³-hybridized carbons (Fsp3) is 0.133. The first-order chi connectivity index (χ1) is 8.97. The molecule has 0 atom stereocenters. The Kier molecular flexibility index (Phi) is 4.23. The van der Waals surface area contributed by atoms with E-state index in [1.54, 1.807) is 25.1 Å². The van der Waals surface area contributed by atoms with Crippen LogP contribution in [0.4, 0.5) is 4.39 Å². The van der Waals surface area contributed by atoms with Crippen molar-refractivity contribution in [3.05, 3.63) is 69.0 Å². The molecule has 0 radical (unpaired) electrons. The zero-order valence-corrected chi connectivity index (χ0v) is 11.7. The van der Waals surface area contributed by atoms with Crippen LogP contribution in [0.15, 0.2) is 36.4 Å². The maximum atomic E-state index is 13.6. The van der Waals surface area contributed by atoms with Gasteiger partial charge in [-0.15, -0.1) is 0 Å². The number of hydrogen-bond acceptors (Lipinski definition) is 1. The number of benzene rings is 2. The van der Waals surface area contributed by atoms with E-state index >= 15 is 0 Å². The molecule has 0 aliphatic rings. The van der Waals surface area contributed by atoms with E-state index in [1.807, 2.05) is 0 Å². The molecule has 0 bridgehead atoms. The van der Waals surface area contributed by atoms with Gasteiger partial charge in [-0.3, -0.25) is 4.79 Å². The number of rotatable bonds is 3. The summed E-state index contributed by atoms with van der Waals surface area (Å²) < 4.78 is 13.6. The molecule has 2 rings (SSSR count). The van der Waals surface area contributed by atoms with E-state index in [0.29, 0.717) is 21.2 Å². The van der Waals surface area contributed by atoms with Gasteiger partial charge in [0.1, 0.15) is 5.82 Å². The second-order valence-electron chi connectivity index (χ2n) is 4.29. The highest BCUT2D eigenvalue weighted by Gasteiger charge is 2.13. The fourth-order valence-electron chi connectivity index (χ4n) is 1.89. The summed E-state index contributed by atoms with van der Waals surface area (Å²) in [6.45, 7) is 1.80. The summed E-state index contributed by atoms with van der Waals surface area (Å²) in [6, 6.07) is 9.21. The lowest BCUT2D eigenvalue weighted by Gasteiger charge is -2.07. The number of aryl methyl sites for hydroxylation is 1. The minimum Gasteiger partial charge on any atom is -0.294 e. The summed E-state index contributed by atoms with van der Waals surface area (Å²) >= 11 is 11.6. The summed E-state index contributed by atoms with van der Waals surface area (Å²) in [4.78, 5) is 12.2. The van der Waals surface area contributed by atoms with Gasteiger partial charge < -0.3 is 0 Å². The summed E-state index contributed by atoms with van der Waals surface area (Å²) in [5.74, 6) is -0.584. The lowest BCUT2D eigenvalue weighted by Crippen LogP contribution is -2.07. The zero-order chi connectivity index (χ0) is 14.0. The van der Waals surface area contributed by atoms with Crippen molar-refractivity contribution in [3.8, 4) is 0 Å². The van der Waals surface area contributed by atoms with Crippen LogP contribution in [-0.4, -0.2) is 5.78 Å². The van der Waals surface area contributed by atoms with Crippen molar-refractivity contribution < 1.29 is 9.18 Å². The van der Waals surface area contributed by atoms with E-state index in [-0.39, 0.29) is 12.2 Å². The molecule has 1 nitrogen and oxygen atoms in total. The van der Waals surface area contributed by atoms with E-state index in [9.17, 15) is 9.18 Å². The third-order valence-corrected chi connectivity index (χ3v) is 3.32. The van der Waals surface area contributed by atoms with Crippen LogP contribution in [0.25, 0.3) is 0 Å². The van der Waals surface area contributed by atoms with Crippen LogP contribution in [0.1, 0.15) is 21.5 Å². The number of ketones is 1. The van der Waals surface area contributed by atoms with Crippen molar-refractivity contribution in [1.29, 1.82) is 0 Å². The Morgan fingerprint density at radius 1 is 1.11 bits per heavy atom. The predicted octanol–water partition coefficient (Wildman–Crippen LogP) is 4.87. The number of Topliss-reactive ketones (excluding diaryl/α,β-unsaturated/α-hetero) is 1. The Labute approximate surface area is 121 Å². The number of halogens is 3. The van der Waals surface area contributed by atoms with Crippen LogP contribution < -0.4 is 0 Å². The highest BCUT2D eigenvalue weighted by atomic mass is 35.5. The van der Waals surface area contributed by atoms with Gasteiger partial charge in [0.2, 0.25) is 0 Å². The molecule has 0 fully saturated rings. The molecule has 0 amide bonds. The van der Waals surface area contributed by atoms with Gasteiger partial charge in [-0.25, -0.2) is 4.39 Å². The summed E-state index contributed by atoms with van der Waals surface area (Å²) in [7, 11) is 0. The van der Waals surface area contributed by atoms with Crippen LogP contribution >= 0.6 is 23.2 Å². The molecule has 0 heterocycles. The first-order valence-corrected chi connectivity index (χ1v) is 6.46. The molecule has 0 aromatic heterocycles. The van der Waals surface area contributed by atoms with Crippen LogP contribution in [0.3, 0.4) is 0 Å². The topological polar surface area (TPSA) is 17.1 Å².